The number of rotatable bonds is 5. The molecule has 0 aliphatic rings. The van der Waals surface area contributed by atoms with Crippen LogP contribution in [0.2, 0.25) is 0 Å². The normalized spacial score (nSPS) is 11.3. The minimum atomic E-state index is -4.41. The lowest BCUT2D eigenvalue weighted by molar-refractivity contribution is -0.154. The lowest BCUT2D eigenvalue weighted by Crippen LogP contribution is -2.26. The Morgan fingerprint density at radius 1 is 1.21 bits per heavy atom. The van der Waals surface area contributed by atoms with E-state index < -0.39 is 12.8 Å². The number of hydrogen-bond donors (Lipinski definition) is 2. The summed E-state index contributed by atoms with van der Waals surface area (Å²) in [5.74, 6) is -0.381. The molecule has 0 atom stereocenters. The van der Waals surface area contributed by atoms with Crippen molar-refractivity contribution in [1.29, 1.82) is 0 Å². The van der Waals surface area contributed by atoms with Gasteiger partial charge in [0.2, 0.25) is 5.88 Å². The second-order valence-corrected chi connectivity index (χ2v) is 7.14. The molecule has 0 fully saturated rings. The van der Waals surface area contributed by atoms with Gasteiger partial charge in [0.25, 0.3) is 5.91 Å². The van der Waals surface area contributed by atoms with Gasteiger partial charge in [-0.1, -0.05) is 0 Å². The van der Waals surface area contributed by atoms with Crippen LogP contribution < -0.4 is 15.8 Å². The summed E-state index contributed by atoms with van der Waals surface area (Å²) >= 11 is 0. The van der Waals surface area contributed by atoms with E-state index in [0.29, 0.717) is 16.7 Å². The van der Waals surface area contributed by atoms with Gasteiger partial charge in [-0.05, 0) is 51.0 Å². The fourth-order valence-electron chi connectivity index (χ4n) is 1.76. The molecule has 0 radical (unpaired) electrons. The average Bonchev–Trinajstić information content (AvgIpc) is 2.57. The van der Waals surface area contributed by atoms with Crippen molar-refractivity contribution in [3.8, 4) is 5.88 Å². The Balaban J connectivity index is 0.000000696. The van der Waals surface area contributed by atoms with Gasteiger partial charge >= 0.3 is 6.18 Å². The van der Waals surface area contributed by atoms with E-state index in [0.717, 1.165) is 0 Å². The zero-order valence-electron chi connectivity index (χ0n) is 16.3. The summed E-state index contributed by atoms with van der Waals surface area (Å²) in [4.78, 5) is 19.5. The molecule has 0 bridgehead atoms. The van der Waals surface area contributed by atoms with Crippen LogP contribution in [0, 0.1) is 6.92 Å². The Morgan fingerprint density at radius 2 is 1.79 bits per heavy atom. The first-order valence-corrected chi connectivity index (χ1v) is 8.47. The number of nitrogens with two attached hydrogens (primary N) is 1. The van der Waals surface area contributed by atoms with Crippen molar-refractivity contribution in [3.63, 3.8) is 0 Å². The molecule has 9 heteroatoms. The largest absolute Gasteiger partial charge is 0.468 e. The predicted molar refractivity (Wildman–Crippen MR) is 99.9 cm³/mol. The monoisotopic (exact) mass is 398 g/mol. The van der Waals surface area contributed by atoms with E-state index >= 15 is 0 Å². The summed E-state index contributed by atoms with van der Waals surface area (Å²) in [7, 11) is 0. The molecule has 0 saturated carbocycles. The molecule has 2 rings (SSSR count). The smallest absolute Gasteiger partial charge is 0.422 e. The SMILES string of the molecule is CC(C)(C)N.Cc1cc(OCC(F)(F)F)ncc1CNC(=O)c1ccncc1. The van der Waals surface area contributed by atoms with E-state index in [-0.39, 0.29) is 23.9 Å². The lowest BCUT2D eigenvalue weighted by Gasteiger charge is -2.11. The van der Waals surface area contributed by atoms with Crippen LogP contribution >= 0.6 is 0 Å². The van der Waals surface area contributed by atoms with Gasteiger partial charge in [-0.3, -0.25) is 9.78 Å². The molecule has 0 aliphatic carbocycles. The van der Waals surface area contributed by atoms with Crippen LogP contribution in [-0.2, 0) is 6.54 Å². The fourth-order valence-corrected chi connectivity index (χ4v) is 1.76. The second-order valence-electron chi connectivity index (χ2n) is 7.14. The number of amides is 1. The number of hydrogen-bond acceptors (Lipinski definition) is 5. The highest BCUT2D eigenvalue weighted by atomic mass is 19.4. The Kier molecular flexibility index (Phi) is 8.36. The third-order valence-corrected chi connectivity index (χ3v) is 2.96. The quantitative estimate of drug-likeness (QED) is 0.806. The van der Waals surface area contributed by atoms with Gasteiger partial charge < -0.3 is 15.8 Å². The summed E-state index contributed by atoms with van der Waals surface area (Å²) in [6.45, 7) is 6.42. The highest BCUT2D eigenvalue weighted by molar-refractivity contribution is 5.93. The Morgan fingerprint density at radius 3 is 2.29 bits per heavy atom. The maximum Gasteiger partial charge on any atom is 0.422 e. The van der Waals surface area contributed by atoms with Crippen LogP contribution in [0.5, 0.6) is 5.88 Å². The molecule has 0 unspecified atom stereocenters. The van der Waals surface area contributed by atoms with Crippen molar-refractivity contribution in [2.75, 3.05) is 6.61 Å². The Bertz CT molecular complexity index is 754. The highest BCUT2D eigenvalue weighted by Crippen LogP contribution is 2.19. The first-order chi connectivity index (χ1) is 12.8. The van der Waals surface area contributed by atoms with Crippen LogP contribution in [0.4, 0.5) is 13.2 Å². The topological polar surface area (TPSA) is 90.1 Å². The van der Waals surface area contributed by atoms with E-state index in [1.807, 2.05) is 20.8 Å². The molecule has 0 aliphatic heterocycles. The summed E-state index contributed by atoms with van der Waals surface area (Å²) in [6.07, 6.45) is -0.0103. The van der Waals surface area contributed by atoms with E-state index in [4.69, 9.17) is 5.73 Å². The number of aromatic nitrogens is 2. The standard InChI is InChI=1S/C15H14F3N3O2.C4H11N/c1-10-6-13(23-9-15(16,17)18)20-7-12(10)8-21-14(22)11-2-4-19-5-3-11;1-4(2,3)5/h2-7H,8-9H2,1H3,(H,21,22);5H2,1-3H3. The number of carbonyl (C=O) groups is 1. The summed E-state index contributed by atoms with van der Waals surface area (Å²) in [5.41, 5.74) is 7.18. The minimum absolute atomic E-state index is 0. The summed E-state index contributed by atoms with van der Waals surface area (Å²) < 4.78 is 40.8. The van der Waals surface area contributed by atoms with Crippen molar-refractivity contribution in [2.24, 2.45) is 5.73 Å². The van der Waals surface area contributed by atoms with Crippen LogP contribution in [0.25, 0.3) is 0 Å². The first-order valence-electron chi connectivity index (χ1n) is 8.47. The Labute approximate surface area is 162 Å². The summed E-state index contributed by atoms with van der Waals surface area (Å²) in [6, 6.07) is 4.56. The van der Waals surface area contributed by atoms with Gasteiger partial charge in [0.1, 0.15) is 0 Å². The van der Waals surface area contributed by atoms with Crippen molar-refractivity contribution >= 4 is 5.91 Å². The molecule has 3 N–H and O–H groups in total. The molecular weight excluding hydrogens is 373 g/mol. The molecule has 28 heavy (non-hydrogen) atoms. The van der Waals surface area contributed by atoms with Crippen LogP contribution in [-0.4, -0.2) is 34.2 Å². The van der Waals surface area contributed by atoms with E-state index in [1.54, 1.807) is 19.1 Å². The number of halogens is 3. The molecule has 0 spiro atoms. The molecule has 0 saturated heterocycles. The number of nitrogens with one attached hydrogen (secondary N) is 1. The van der Waals surface area contributed by atoms with Gasteiger partial charge in [0.15, 0.2) is 6.61 Å². The molecule has 2 aromatic rings. The van der Waals surface area contributed by atoms with E-state index in [2.05, 4.69) is 20.0 Å². The zero-order valence-corrected chi connectivity index (χ0v) is 16.3. The van der Waals surface area contributed by atoms with Crippen molar-refractivity contribution in [2.45, 2.75) is 46.0 Å². The highest BCUT2D eigenvalue weighted by Gasteiger charge is 2.28. The predicted octanol–water partition coefficient (Wildman–Crippen LogP) is 3.40. The van der Waals surface area contributed by atoms with Gasteiger partial charge in [-0.2, -0.15) is 13.2 Å². The fraction of sp³-hybridized carbons (Fsp3) is 0.421. The van der Waals surface area contributed by atoms with Gasteiger partial charge in [-0.25, -0.2) is 4.98 Å². The average molecular weight is 398 g/mol. The molecule has 2 aromatic heterocycles. The van der Waals surface area contributed by atoms with Crippen molar-refractivity contribution in [3.05, 3.63) is 53.5 Å². The van der Waals surface area contributed by atoms with Crippen molar-refractivity contribution in [1.82, 2.24) is 15.3 Å². The van der Waals surface area contributed by atoms with Gasteiger partial charge in [0.05, 0.1) is 0 Å². The molecule has 6 nitrogen and oxygen atoms in total. The maximum atomic E-state index is 12.1. The number of alkyl halides is 3. The van der Waals surface area contributed by atoms with Crippen molar-refractivity contribution < 1.29 is 22.7 Å². The number of aryl methyl sites for hydroxylation is 1. The third-order valence-electron chi connectivity index (χ3n) is 2.96. The van der Waals surface area contributed by atoms with Crippen LogP contribution in [0.3, 0.4) is 0 Å². The molecular formula is C19H25F3N4O2. The van der Waals surface area contributed by atoms with Gasteiger partial charge in [0, 0.05) is 42.3 Å². The molecule has 154 valence electrons. The second kappa shape index (κ2) is 10.0. The lowest BCUT2D eigenvalue weighted by atomic mass is 10.1. The van der Waals surface area contributed by atoms with E-state index in [1.165, 1.54) is 24.7 Å². The number of ether oxygens (including phenoxy) is 1. The van der Waals surface area contributed by atoms with Crippen LogP contribution in [0.1, 0.15) is 42.3 Å². The third kappa shape index (κ3) is 10.5. The number of pyridine rings is 2. The molecule has 1 amide bonds. The minimum Gasteiger partial charge on any atom is -0.468 e. The summed E-state index contributed by atoms with van der Waals surface area (Å²) in [5, 5.41) is 2.70. The first kappa shape index (κ1) is 23.4. The van der Waals surface area contributed by atoms with Gasteiger partial charge in [-0.15, -0.1) is 0 Å². The molecule has 0 aromatic carbocycles. The van der Waals surface area contributed by atoms with Crippen LogP contribution in [0.15, 0.2) is 36.8 Å². The number of nitrogens with zero attached hydrogens (tertiary/aromatic N) is 2. The Hall–Kier alpha value is -2.68. The molecule has 2 heterocycles. The zero-order chi connectivity index (χ0) is 21.4. The van der Waals surface area contributed by atoms with E-state index in [9.17, 15) is 18.0 Å². The number of carbonyl (C=O) groups excluding carboxylic acids is 1. The maximum absolute atomic E-state index is 12.1.